The molecule has 0 amide bonds. The quantitative estimate of drug-likeness (QED) is 0.439. The summed E-state index contributed by atoms with van der Waals surface area (Å²) < 4.78 is 4.93. The maximum absolute atomic E-state index is 10.8. The molecule has 0 bridgehead atoms. The van der Waals surface area contributed by atoms with Crippen molar-refractivity contribution in [3.05, 3.63) is 34.0 Å². The number of carbonyl (C=O) groups is 1. The van der Waals surface area contributed by atoms with Gasteiger partial charge in [0.2, 0.25) is 11.5 Å². The third kappa shape index (κ3) is 3.42. The van der Waals surface area contributed by atoms with E-state index in [1.54, 1.807) is 18.0 Å². The van der Waals surface area contributed by atoms with Gasteiger partial charge in [0.15, 0.2) is 0 Å². The molecule has 1 aliphatic heterocycles. The number of nitrogens with zero attached hydrogens (tertiary/aromatic N) is 4. The predicted molar refractivity (Wildman–Crippen MR) is 71.6 cm³/mol. The second kappa shape index (κ2) is 6.13. The van der Waals surface area contributed by atoms with Gasteiger partial charge in [0.1, 0.15) is 6.61 Å². The Balaban J connectivity index is 2.16. The molecular formula is C11H14N6O4. The van der Waals surface area contributed by atoms with Crippen LogP contribution in [0.3, 0.4) is 0 Å². The lowest BCUT2D eigenvalue weighted by Gasteiger charge is -2.24. The molecule has 1 aromatic heterocycles. The maximum Gasteiger partial charge on any atom is 0.364 e. The minimum absolute atomic E-state index is 0.137. The van der Waals surface area contributed by atoms with E-state index < -0.39 is 4.92 Å². The monoisotopic (exact) mass is 294 g/mol. The molecule has 21 heavy (non-hydrogen) atoms. The Bertz CT molecular complexity index is 590. The van der Waals surface area contributed by atoms with E-state index in [0.29, 0.717) is 11.5 Å². The number of hydrogen-bond donors (Lipinski definition) is 2. The summed E-state index contributed by atoms with van der Waals surface area (Å²) >= 11 is 0. The van der Waals surface area contributed by atoms with Gasteiger partial charge in [0.05, 0.1) is 6.04 Å². The van der Waals surface area contributed by atoms with Gasteiger partial charge >= 0.3 is 11.8 Å². The van der Waals surface area contributed by atoms with E-state index in [1.807, 2.05) is 0 Å². The van der Waals surface area contributed by atoms with Crippen molar-refractivity contribution in [2.45, 2.75) is 19.9 Å². The average Bonchev–Trinajstić information content (AvgIpc) is 2.94. The molecule has 0 aromatic carbocycles. The Hall–Kier alpha value is -2.75. The van der Waals surface area contributed by atoms with Crippen LogP contribution in [0.25, 0.3) is 0 Å². The largest absolute Gasteiger partial charge is 0.464 e. The van der Waals surface area contributed by atoms with E-state index in [1.165, 1.54) is 19.1 Å². The Morgan fingerprint density at radius 3 is 3.00 bits per heavy atom. The van der Waals surface area contributed by atoms with E-state index in [0.717, 1.165) is 0 Å². The molecule has 10 heteroatoms. The van der Waals surface area contributed by atoms with Crippen molar-refractivity contribution in [2.24, 2.45) is 5.10 Å². The fourth-order valence-corrected chi connectivity index (χ4v) is 1.70. The van der Waals surface area contributed by atoms with E-state index in [9.17, 15) is 14.9 Å². The molecule has 112 valence electrons. The van der Waals surface area contributed by atoms with E-state index >= 15 is 0 Å². The number of pyridine rings is 1. The van der Waals surface area contributed by atoms with Gasteiger partial charge in [0.25, 0.3) is 0 Å². The summed E-state index contributed by atoms with van der Waals surface area (Å²) in [6, 6.07) is 4.18. The highest BCUT2D eigenvalue weighted by Gasteiger charge is 2.28. The summed E-state index contributed by atoms with van der Waals surface area (Å²) in [4.78, 5) is 24.9. The molecule has 0 radical (unpaired) electrons. The highest BCUT2D eigenvalue weighted by Crippen LogP contribution is 2.12. The van der Waals surface area contributed by atoms with Gasteiger partial charge in [-0.2, -0.15) is 0 Å². The SMILES string of the molecule is CC(=O)OCC(C)N1NNN=C1c1cccc([N+](=O)[O-])n1. The van der Waals surface area contributed by atoms with Crippen molar-refractivity contribution in [1.29, 1.82) is 0 Å². The van der Waals surface area contributed by atoms with Crippen LogP contribution in [0.2, 0.25) is 0 Å². The maximum atomic E-state index is 10.8. The topological polar surface area (TPSA) is 122 Å². The van der Waals surface area contributed by atoms with Crippen LogP contribution in [0.15, 0.2) is 23.3 Å². The lowest BCUT2D eigenvalue weighted by atomic mass is 10.2. The summed E-state index contributed by atoms with van der Waals surface area (Å²) in [6.07, 6.45) is 0. The van der Waals surface area contributed by atoms with Crippen LogP contribution in [0.5, 0.6) is 0 Å². The molecule has 1 unspecified atom stereocenters. The lowest BCUT2D eigenvalue weighted by molar-refractivity contribution is -0.389. The first-order valence-electron chi connectivity index (χ1n) is 6.12. The molecular weight excluding hydrogens is 280 g/mol. The second-order valence-corrected chi connectivity index (χ2v) is 4.32. The molecule has 2 rings (SSSR count). The normalized spacial score (nSPS) is 15.1. The Morgan fingerprint density at radius 1 is 1.57 bits per heavy atom. The van der Waals surface area contributed by atoms with E-state index in [2.05, 4.69) is 21.2 Å². The predicted octanol–water partition coefficient (Wildman–Crippen LogP) is -0.0722. The van der Waals surface area contributed by atoms with Crippen LogP contribution in [0.1, 0.15) is 19.5 Å². The van der Waals surface area contributed by atoms with Gasteiger partial charge in [-0.1, -0.05) is 0 Å². The molecule has 2 heterocycles. The smallest absolute Gasteiger partial charge is 0.364 e. The number of rotatable bonds is 5. The molecule has 0 spiro atoms. The van der Waals surface area contributed by atoms with Crippen LogP contribution in [-0.2, 0) is 9.53 Å². The summed E-state index contributed by atoms with van der Waals surface area (Å²) in [6.45, 7) is 3.26. The van der Waals surface area contributed by atoms with Gasteiger partial charge in [-0.05, 0) is 29.0 Å². The number of hydrazine groups is 2. The number of carbonyl (C=O) groups excluding carboxylic acids is 1. The summed E-state index contributed by atoms with van der Waals surface area (Å²) in [5.41, 5.74) is 5.64. The summed E-state index contributed by atoms with van der Waals surface area (Å²) in [5, 5.41) is 16.3. The first-order valence-corrected chi connectivity index (χ1v) is 6.12. The highest BCUT2D eigenvalue weighted by atomic mass is 16.6. The molecule has 1 atom stereocenters. The molecule has 2 N–H and O–H groups in total. The number of nitro groups is 1. The van der Waals surface area contributed by atoms with Gasteiger partial charge in [-0.3, -0.25) is 9.80 Å². The van der Waals surface area contributed by atoms with Crippen molar-refractivity contribution in [2.75, 3.05) is 6.61 Å². The molecule has 0 saturated carbocycles. The number of aromatic nitrogens is 1. The van der Waals surface area contributed by atoms with E-state index in [4.69, 9.17) is 4.74 Å². The minimum atomic E-state index is -0.577. The number of nitrogens with one attached hydrogen (secondary N) is 2. The number of ether oxygens (including phenoxy) is 1. The second-order valence-electron chi connectivity index (χ2n) is 4.32. The summed E-state index contributed by atoms with van der Waals surface area (Å²) in [5.74, 6) is -0.283. The number of esters is 1. The van der Waals surface area contributed by atoms with E-state index in [-0.39, 0.29) is 24.4 Å². The highest BCUT2D eigenvalue weighted by molar-refractivity contribution is 5.97. The fraction of sp³-hybridized carbons (Fsp3) is 0.364. The zero-order valence-corrected chi connectivity index (χ0v) is 11.4. The Labute approximate surface area is 119 Å². The van der Waals surface area contributed by atoms with Crippen LogP contribution >= 0.6 is 0 Å². The average molecular weight is 294 g/mol. The van der Waals surface area contributed by atoms with Crippen molar-refractivity contribution >= 4 is 17.6 Å². The van der Waals surface area contributed by atoms with Crippen molar-refractivity contribution < 1.29 is 14.5 Å². The summed E-state index contributed by atoms with van der Waals surface area (Å²) in [7, 11) is 0. The zero-order valence-electron chi connectivity index (χ0n) is 11.4. The first-order chi connectivity index (χ1) is 9.99. The van der Waals surface area contributed by atoms with Crippen molar-refractivity contribution in [1.82, 2.24) is 21.1 Å². The molecule has 10 nitrogen and oxygen atoms in total. The lowest BCUT2D eigenvalue weighted by Crippen LogP contribution is -2.49. The number of amidine groups is 1. The fourth-order valence-electron chi connectivity index (χ4n) is 1.70. The van der Waals surface area contributed by atoms with Crippen molar-refractivity contribution in [3.63, 3.8) is 0 Å². The Morgan fingerprint density at radius 2 is 2.33 bits per heavy atom. The van der Waals surface area contributed by atoms with Crippen LogP contribution in [0, 0.1) is 10.1 Å². The standard InChI is InChI=1S/C11H14N6O4/c1-7(6-21-8(2)18)16-11(13-14-15-16)9-4-3-5-10(12-9)17(19)20/h3-5,7,14-15H,6H2,1-2H3. The van der Waals surface area contributed by atoms with Gasteiger partial charge in [0, 0.05) is 13.0 Å². The Kier molecular flexibility index (Phi) is 4.28. The first kappa shape index (κ1) is 14.7. The molecule has 1 aromatic rings. The third-order valence-corrected chi connectivity index (χ3v) is 2.68. The molecule has 0 aliphatic carbocycles. The minimum Gasteiger partial charge on any atom is -0.464 e. The van der Waals surface area contributed by atoms with Crippen LogP contribution < -0.4 is 11.1 Å². The molecule has 0 saturated heterocycles. The molecule has 1 aliphatic rings. The van der Waals surface area contributed by atoms with Gasteiger partial charge < -0.3 is 14.9 Å². The van der Waals surface area contributed by atoms with Gasteiger partial charge in [-0.25, -0.2) is 5.53 Å². The number of hydrazone groups is 1. The third-order valence-electron chi connectivity index (χ3n) is 2.68. The van der Waals surface area contributed by atoms with Crippen molar-refractivity contribution in [3.8, 4) is 0 Å². The van der Waals surface area contributed by atoms with Crippen LogP contribution in [0.4, 0.5) is 5.82 Å². The number of hydrogen-bond acceptors (Lipinski definition) is 9. The van der Waals surface area contributed by atoms with Crippen LogP contribution in [-0.4, -0.2) is 39.4 Å². The zero-order chi connectivity index (χ0) is 15.4. The van der Waals surface area contributed by atoms with Gasteiger partial charge in [-0.15, -0.1) is 10.6 Å². The molecule has 0 fully saturated rings.